The van der Waals surface area contributed by atoms with Crippen LogP contribution in [0.4, 0.5) is 12.6 Å². The van der Waals surface area contributed by atoms with Gasteiger partial charge in [0.2, 0.25) is 0 Å². The molecule has 0 amide bonds. The van der Waals surface area contributed by atoms with Gasteiger partial charge in [0.05, 0.1) is 0 Å². The molecule has 0 heterocycles. The summed E-state index contributed by atoms with van der Waals surface area (Å²) in [5, 5.41) is 0. The van der Waals surface area contributed by atoms with Crippen molar-refractivity contribution in [1.29, 1.82) is 0 Å². The maximum absolute atomic E-state index is 12.2. The van der Waals surface area contributed by atoms with E-state index in [1.165, 1.54) is 0 Å². The van der Waals surface area contributed by atoms with E-state index in [0.717, 1.165) is 0 Å². The Bertz CT molecular complexity index is 281. The van der Waals surface area contributed by atoms with Crippen molar-refractivity contribution >= 4 is 15.7 Å². The number of hydrogen-bond acceptors (Lipinski definition) is 3. The highest BCUT2D eigenvalue weighted by Gasteiger charge is 2.34. The molecule has 70 valence electrons. The third-order valence-corrected chi connectivity index (χ3v) is 2.90. The van der Waals surface area contributed by atoms with Crippen LogP contribution in [-0.4, -0.2) is 6.61 Å². The predicted octanol–water partition coefficient (Wildman–Crippen LogP) is 2.35. The summed E-state index contributed by atoms with van der Waals surface area (Å²) in [5.41, 5.74) is 0. The molecule has 1 unspecified atom stereocenters. The van der Waals surface area contributed by atoms with Gasteiger partial charge in [0.25, 0.3) is 0 Å². The Morgan fingerprint density at radius 1 is 1.42 bits per heavy atom. The zero-order valence-corrected chi connectivity index (χ0v) is 7.33. The molecular formula is C3H4F3NO3P2. The minimum Gasteiger partial charge on any atom is -0.280 e. The molecule has 12 heavy (non-hydrogen) atoms. The summed E-state index contributed by atoms with van der Waals surface area (Å²) in [6.07, 6.45) is 4.55. The van der Waals surface area contributed by atoms with E-state index in [0.29, 0.717) is 4.86 Å². The van der Waals surface area contributed by atoms with E-state index in [1.54, 1.807) is 5.92 Å². The topological polar surface area (TPSA) is 55.4 Å². The van der Waals surface area contributed by atoms with Crippen molar-refractivity contribution in [3.8, 4) is 12.3 Å². The third kappa shape index (κ3) is 6.44. The lowest BCUT2D eigenvalue weighted by atomic mass is 10.8. The van der Waals surface area contributed by atoms with E-state index in [-0.39, 0.29) is 0 Å². The normalized spacial score (nSPS) is 16.5. The van der Waals surface area contributed by atoms with Gasteiger partial charge in [-0.25, -0.2) is 9.13 Å². The van der Waals surface area contributed by atoms with Gasteiger partial charge in [-0.2, -0.15) is 0 Å². The lowest BCUT2D eigenvalue weighted by Gasteiger charge is -2.06. The molecule has 9 heteroatoms. The summed E-state index contributed by atoms with van der Waals surface area (Å²) in [5.74, 6) is 1.70. The Kier molecular flexibility index (Phi) is 4.01. The zero-order chi connectivity index (χ0) is 9.83. The number of terminal acetylenes is 1. The highest BCUT2D eigenvalue weighted by Crippen LogP contribution is 2.58. The summed E-state index contributed by atoms with van der Waals surface area (Å²) < 4.78 is 58.8. The fraction of sp³-hybridized carbons (Fsp3) is 0.333. The lowest BCUT2D eigenvalue weighted by molar-refractivity contribution is 0.319. The van der Waals surface area contributed by atoms with Crippen LogP contribution in [0.15, 0.2) is 0 Å². The number of halogens is 3. The smallest absolute Gasteiger partial charge is 0.280 e. The Balaban J connectivity index is 4.17. The van der Waals surface area contributed by atoms with Crippen molar-refractivity contribution in [2.75, 3.05) is 6.61 Å². The summed E-state index contributed by atoms with van der Waals surface area (Å²) >= 11 is 0. The minimum absolute atomic E-state index is 0.424. The molecule has 0 bridgehead atoms. The maximum Gasteiger partial charge on any atom is 0.490 e. The SMILES string of the molecule is C#CCOP(=O)(F)NP(=O)(F)F. The molecule has 0 aromatic carbocycles. The van der Waals surface area contributed by atoms with Gasteiger partial charge in [-0.05, 0) is 0 Å². The van der Waals surface area contributed by atoms with E-state index >= 15 is 0 Å². The van der Waals surface area contributed by atoms with Crippen LogP contribution >= 0.6 is 15.7 Å². The van der Waals surface area contributed by atoms with Crippen LogP contribution < -0.4 is 4.86 Å². The van der Waals surface area contributed by atoms with Gasteiger partial charge >= 0.3 is 15.7 Å². The molecule has 1 N–H and O–H groups in total. The first-order valence-corrected chi connectivity index (χ1v) is 5.44. The Morgan fingerprint density at radius 2 is 1.92 bits per heavy atom. The van der Waals surface area contributed by atoms with Gasteiger partial charge < -0.3 is 0 Å². The molecule has 0 radical (unpaired) electrons. The van der Waals surface area contributed by atoms with Crippen molar-refractivity contribution < 1.29 is 26.2 Å². The standard InChI is InChI=1S/C3H4F3NO3P2/c1-2-3-10-12(6,9)7-11(4,5)8/h1H,3H2,(H,7,8,9). The molecule has 0 aliphatic carbocycles. The predicted molar refractivity (Wildman–Crippen MR) is 36.5 cm³/mol. The molecule has 0 aliphatic heterocycles. The number of nitrogens with one attached hydrogen (secondary N) is 1. The van der Waals surface area contributed by atoms with Crippen LogP contribution in [0.25, 0.3) is 0 Å². The van der Waals surface area contributed by atoms with E-state index in [1.807, 2.05) is 0 Å². The molecule has 0 spiro atoms. The Morgan fingerprint density at radius 3 is 2.25 bits per heavy atom. The van der Waals surface area contributed by atoms with Crippen molar-refractivity contribution in [3.05, 3.63) is 0 Å². The molecule has 0 saturated heterocycles. The molecule has 1 atom stereocenters. The molecule has 0 aromatic rings. The largest absolute Gasteiger partial charge is 0.490 e. The molecular weight excluding hydrogens is 217 g/mol. The third-order valence-electron chi connectivity index (χ3n) is 0.550. The van der Waals surface area contributed by atoms with Gasteiger partial charge in [-0.3, -0.25) is 4.52 Å². The second kappa shape index (κ2) is 4.11. The van der Waals surface area contributed by atoms with Crippen LogP contribution in [0.2, 0.25) is 0 Å². The zero-order valence-electron chi connectivity index (χ0n) is 5.54. The molecule has 0 fully saturated rings. The summed E-state index contributed by atoms with van der Waals surface area (Å²) in [6.45, 7) is -0.749. The van der Waals surface area contributed by atoms with Crippen LogP contribution in [0.1, 0.15) is 0 Å². The van der Waals surface area contributed by atoms with E-state index < -0.39 is 22.4 Å². The van der Waals surface area contributed by atoms with Crippen molar-refractivity contribution in [3.63, 3.8) is 0 Å². The van der Waals surface area contributed by atoms with Crippen molar-refractivity contribution in [2.45, 2.75) is 0 Å². The average molecular weight is 221 g/mol. The average Bonchev–Trinajstić information content (AvgIpc) is 1.78. The highest BCUT2D eigenvalue weighted by atomic mass is 31.3. The van der Waals surface area contributed by atoms with Crippen molar-refractivity contribution in [1.82, 2.24) is 4.86 Å². The molecule has 0 saturated carbocycles. The van der Waals surface area contributed by atoms with Gasteiger partial charge in [-0.15, -0.1) is 23.9 Å². The van der Waals surface area contributed by atoms with Gasteiger partial charge in [0, 0.05) is 0 Å². The first-order chi connectivity index (χ1) is 5.27. The number of rotatable bonds is 4. The molecule has 0 rings (SSSR count). The molecule has 4 nitrogen and oxygen atoms in total. The second-order valence-electron chi connectivity index (χ2n) is 1.52. The van der Waals surface area contributed by atoms with Crippen molar-refractivity contribution in [2.24, 2.45) is 0 Å². The number of hydrogen-bond donors (Lipinski definition) is 1. The Labute approximate surface area is 66.8 Å². The van der Waals surface area contributed by atoms with E-state index in [4.69, 9.17) is 0 Å². The molecule has 0 aliphatic rings. The second-order valence-corrected chi connectivity index (χ2v) is 4.46. The highest BCUT2D eigenvalue weighted by molar-refractivity contribution is 7.67. The van der Waals surface area contributed by atoms with Crippen LogP contribution in [0, 0.1) is 12.3 Å². The van der Waals surface area contributed by atoms with Crippen LogP contribution in [0.3, 0.4) is 0 Å². The lowest BCUT2D eigenvalue weighted by Crippen LogP contribution is -2.01. The first kappa shape index (κ1) is 11.7. The van der Waals surface area contributed by atoms with E-state index in [2.05, 4.69) is 10.9 Å². The van der Waals surface area contributed by atoms with E-state index in [9.17, 15) is 21.7 Å². The summed E-state index contributed by atoms with van der Waals surface area (Å²) in [7, 11) is -11.1. The van der Waals surface area contributed by atoms with Gasteiger partial charge in [-0.1, -0.05) is 5.92 Å². The van der Waals surface area contributed by atoms with Crippen LogP contribution in [0.5, 0.6) is 0 Å². The van der Waals surface area contributed by atoms with Crippen LogP contribution in [-0.2, 0) is 13.7 Å². The monoisotopic (exact) mass is 221 g/mol. The Hall–Kier alpha value is -0.270. The quantitative estimate of drug-likeness (QED) is 0.584. The minimum atomic E-state index is -5.91. The molecule has 0 aromatic heterocycles. The van der Waals surface area contributed by atoms with Gasteiger partial charge in [0.1, 0.15) is 6.61 Å². The fourth-order valence-electron chi connectivity index (χ4n) is 0.288. The fourth-order valence-corrected chi connectivity index (χ4v) is 1.87. The first-order valence-electron chi connectivity index (χ1n) is 2.43. The summed E-state index contributed by atoms with van der Waals surface area (Å²) in [6, 6.07) is 0. The maximum atomic E-state index is 12.2. The summed E-state index contributed by atoms with van der Waals surface area (Å²) in [4.78, 5) is 0.424. The van der Waals surface area contributed by atoms with Gasteiger partial charge in [0.15, 0.2) is 0 Å².